The second kappa shape index (κ2) is 13.4. The number of nitrogens with zero attached hydrogens (tertiary/aromatic N) is 3. The molecular weight excluding hydrogens is 715 g/mol. The molecule has 8 aromatic rings. The second-order valence-corrected chi connectivity index (χ2v) is 17.2. The van der Waals surface area contributed by atoms with Gasteiger partial charge in [0.05, 0.1) is 0 Å². The molecule has 4 aliphatic carbocycles. The molecule has 1 aromatic heterocycles. The summed E-state index contributed by atoms with van der Waals surface area (Å²) in [5.74, 6) is 4.74. The van der Waals surface area contributed by atoms with Crippen LogP contribution in [0.5, 0.6) is 0 Å². The Bertz CT molecular complexity index is 2860. The zero-order valence-corrected chi connectivity index (χ0v) is 33.1. The van der Waals surface area contributed by atoms with Crippen LogP contribution < -0.4 is 0 Å². The molecule has 59 heavy (non-hydrogen) atoms. The minimum absolute atomic E-state index is 0.0618. The lowest BCUT2D eigenvalue weighted by Crippen LogP contribution is -2.52. The van der Waals surface area contributed by atoms with Crippen LogP contribution in [0.3, 0.4) is 0 Å². The Balaban J connectivity index is 1.02. The Labute approximate surface area is 346 Å². The molecule has 282 valence electrons. The molecule has 0 aliphatic heterocycles. The monoisotopic (exact) mass is 757 g/mol. The van der Waals surface area contributed by atoms with Gasteiger partial charge < -0.3 is 0 Å². The Kier molecular flexibility index (Phi) is 7.82. The van der Waals surface area contributed by atoms with Gasteiger partial charge in [0.15, 0.2) is 17.5 Å². The molecule has 1 spiro atoms. The summed E-state index contributed by atoms with van der Waals surface area (Å²) < 4.78 is 0. The maximum Gasteiger partial charge on any atom is 0.164 e. The van der Waals surface area contributed by atoms with Crippen molar-refractivity contribution in [3.63, 3.8) is 0 Å². The fourth-order valence-corrected chi connectivity index (χ4v) is 11.6. The number of hydrogen-bond acceptors (Lipinski definition) is 3. The summed E-state index contributed by atoms with van der Waals surface area (Å²) in [6, 6.07) is 63.4. The van der Waals surface area contributed by atoms with Crippen molar-refractivity contribution in [2.75, 3.05) is 0 Å². The fraction of sp³-hybridized carbons (Fsp3) is 0.161. The van der Waals surface area contributed by atoms with Crippen LogP contribution >= 0.6 is 0 Å². The standard InChI is InChI=1S/C56H43N3/c1-35-28-36-30-48-50(29-35)56(51(48)31-36)49-27-9-8-24-46(49)47-26-13-25-45(52(47)56)41-20-12-23-44(34-41)55-58-53(42-21-10-18-39(32-42)37-14-4-2-5-15-37)57-54(59-55)43-22-11-19-40(33-43)38-16-6-3-7-17-38/h2-27,29,32-36,48,51H,28,30-31H2,1H3. The van der Waals surface area contributed by atoms with Crippen LogP contribution in [0.15, 0.2) is 188 Å². The molecule has 2 bridgehead atoms. The first kappa shape index (κ1) is 34.3. The maximum absolute atomic E-state index is 5.27. The largest absolute Gasteiger partial charge is 0.208 e. The van der Waals surface area contributed by atoms with Crippen LogP contribution in [0.4, 0.5) is 0 Å². The fourth-order valence-electron chi connectivity index (χ4n) is 11.6. The predicted molar refractivity (Wildman–Crippen MR) is 240 cm³/mol. The van der Waals surface area contributed by atoms with Crippen molar-refractivity contribution < 1.29 is 0 Å². The second-order valence-electron chi connectivity index (χ2n) is 17.2. The van der Waals surface area contributed by atoms with E-state index in [0.717, 1.165) is 44.9 Å². The highest BCUT2D eigenvalue weighted by molar-refractivity contribution is 5.92. The van der Waals surface area contributed by atoms with Gasteiger partial charge in [-0.15, -0.1) is 0 Å². The molecule has 0 saturated heterocycles. The van der Waals surface area contributed by atoms with E-state index in [1.165, 1.54) is 52.6 Å². The van der Waals surface area contributed by atoms with Gasteiger partial charge in [-0.1, -0.05) is 176 Å². The van der Waals surface area contributed by atoms with E-state index in [2.05, 4.69) is 189 Å². The van der Waals surface area contributed by atoms with Crippen molar-refractivity contribution in [1.29, 1.82) is 0 Å². The molecule has 12 rings (SSSR count). The lowest BCUT2D eigenvalue weighted by Gasteiger charge is -2.56. The minimum atomic E-state index is -0.0618. The van der Waals surface area contributed by atoms with E-state index in [0.29, 0.717) is 35.2 Å². The third-order valence-corrected chi connectivity index (χ3v) is 13.9. The summed E-state index contributed by atoms with van der Waals surface area (Å²) in [6.45, 7) is 2.44. The molecule has 7 aromatic carbocycles. The molecule has 0 radical (unpaired) electrons. The zero-order chi connectivity index (χ0) is 39.1. The van der Waals surface area contributed by atoms with Gasteiger partial charge in [0.2, 0.25) is 0 Å². The number of hydrogen-bond donors (Lipinski definition) is 0. The third-order valence-electron chi connectivity index (χ3n) is 13.9. The Morgan fingerprint density at radius 1 is 0.424 bits per heavy atom. The van der Waals surface area contributed by atoms with Crippen molar-refractivity contribution in [3.05, 3.63) is 199 Å². The summed E-state index contributed by atoms with van der Waals surface area (Å²) >= 11 is 0. The molecule has 0 amide bonds. The van der Waals surface area contributed by atoms with Crippen molar-refractivity contribution in [2.45, 2.75) is 31.6 Å². The molecule has 4 aliphatic rings. The van der Waals surface area contributed by atoms with Crippen molar-refractivity contribution in [1.82, 2.24) is 15.0 Å². The van der Waals surface area contributed by atoms with Gasteiger partial charge in [-0.3, -0.25) is 0 Å². The summed E-state index contributed by atoms with van der Waals surface area (Å²) in [7, 11) is 0. The lowest BCUT2D eigenvalue weighted by atomic mass is 9.46. The van der Waals surface area contributed by atoms with Gasteiger partial charge in [-0.25, -0.2) is 15.0 Å². The van der Waals surface area contributed by atoms with Crippen LogP contribution in [0.1, 0.15) is 37.3 Å². The van der Waals surface area contributed by atoms with Crippen LogP contribution in [0.25, 0.3) is 78.7 Å². The molecule has 3 nitrogen and oxygen atoms in total. The first-order valence-electron chi connectivity index (χ1n) is 21.3. The number of rotatable bonds is 6. The van der Waals surface area contributed by atoms with Gasteiger partial charge in [0, 0.05) is 22.1 Å². The average Bonchev–Trinajstić information content (AvgIpc) is 3.78. The molecule has 3 heteroatoms. The van der Waals surface area contributed by atoms with E-state index in [1.807, 2.05) is 0 Å². The van der Waals surface area contributed by atoms with E-state index in [9.17, 15) is 0 Å². The third kappa shape index (κ3) is 5.37. The summed E-state index contributed by atoms with van der Waals surface area (Å²) in [4.78, 5) is 15.7. The van der Waals surface area contributed by atoms with Crippen molar-refractivity contribution >= 4 is 0 Å². The number of fused-ring (bicyclic) bond motifs is 8. The van der Waals surface area contributed by atoms with Gasteiger partial charge in [-0.2, -0.15) is 0 Å². The highest BCUT2D eigenvalue weighted by Crippen LogP contribution is 2.74. The molecular formula is C56H43N3. The van der Waals surface area contributed by atoms with Crippen LogP contribution in [0, 0.1) is 23.7 Å². The van der Waals surface area contributed by atoms with E-state index in [4.69, 9.17) is 15.0 Å². The highest BCUT2D eigenvalue weighted by Gasteiger charge is 2.66. The summed E-state index contributed by atoms with van der Waals surface area (Å²) in [5.41, 5.74) is 17.4. The van der Waals surface area contributed by atoms with Crippen LogP contribution in [0.2, 0.25) is 0 Å². The number of allylic oxidation sites excluding steroid dienone is 2. The number of benzene rings is 7. The first-order valence-corrected chi connectivity index (χ1v) is 21.3. The molecule has 2 fully saturated rings. The molecule has 5 unspecified atom stereocenters. The molecule has 2 saturated carbocycles. The van der Waals surface area contributed by atoms with E-state index in [-0.39, 0.29) is 5.41 Å². The average molecular weight is 758 g/mol. The van der Waals surface area contributed by atoms with Gasteiger partial charge in [-0.05, 0) is 117 Å². The summed E-state index contributed by atoms with van der Waals surface area (Å²) in [5, 5.41) is 0. The topological polar surface area (TPSA) is 38.7 Å². The molecule has 1 heterocycles. The number of aromatic nitrogens is 3. The zero-order valence-electron chi connectivity index (χ0n) is 33.1. The first-order chi connectivity index (χ1) is 29.1. The van der Waals surface area contributed by atoms with E-state index in [1.54, 1.807) is 5.57 Å². The van der Waals surface area contributed by atoms with Crippen LogP contribution in [-0.4, -0.2) is 15.0 Å². The van der Waals surface area contributed by atoms with Gasteiger partial charge >= 0.3 is 0 Å². The molecule has 5 atom stereocenters. The van der Waals surface area contributed by atoms with Crippen molar-refractivity contribution in [3.8, 4) is 78.7 Å². The van der Waals surface area contributed by atoms with Gasteiger partial charge in [0.1, 0.15) is 0 Å². The Morgan fingerprint density at radius 2 is 0.898 bits per heavy atom. The quantitative estimate of drug-likeness (QED) is 0.159. The summed E-state index contributed by atoms with van der Waals surface area (Å²) in [6.07, 6.45) is 6.69. The highest BCUT2D eigenvalue weighted by atomic mass is 15.0. The Hall–Kier alpha value is -6.71. The Morgan fingerprint density at radius 3 is 1.53 bits per heavy atom. The van der Waals surface area contributed by atoms with E-state index < -0.39 is 0 Å². The maximum atomic E-state index is 5.27. The van der Waals surface area contributed by atoms with Gasteiger partial charge in [0.25, 0.3) is 0 Å². The minimum Gasteiger partial charge on any atom is -0.208 e. The predicted octanol–water partition coefficient (Wildman–Crippen LogP) is 13.8. The SMILES string of the molecule is CC1C=C2C3CC(C1)CC3C21c2ccccc2-c2cccc(-c3cccc(-c4nc(-c5cccc(-c6ccccc6)c5)nc(-c5cccc(-c6ccccc6)c5)n4)c3)c21. The normalized spacial score (nSPS) is 21.9. The van der Waals surface area contributed by atoms with Crippen LogP contribution in [-0.2, 0) is 5.41 Å². The van der Waals surface area contributed by atoms with E-state index >= 15 is 0 Å². The van der Waals surface area contributed by atoms with Crippen molar-refractivity contribution in [2.24, 2.45) is 23.7 Å². The molecule has 0 N–H and O–H groups in total. The lowest BCUT2D eigenvalue weighted by molar-refractivity contribution is 0.193. The smallest absolute Gasteiger partial charge is 0.164 e.